The number of aliphatic imine (C=N–C) groups is 1. The van der Waals surface area contributed by atoms with E-state index in [0.29, 0.717) is 19.0 Å². The number of guanidine groups is 1. The Kier molecular flexibility index (Phi) is 7.94. The zero-order valence-corrected chi connectivity index (χ0v) is 17.2. The lowest BCUT2D eigenvalue weighted by molar-refractivity contribution is 0.0711. The van der Waals surface area contributed by atoms with E-state index in [4.69, 9.17) is 9.47 Å². The number of nitrogens with one attached hydrogen (secondary N) is 2. The largest absolute Gasteiger partial charge is 0.493 e. The van der Waals surface area contributed by atoms with Gasteiger partial charge < -0.3 is 25.2 Å². The predicted molar refractivity (Wildman–Crippen MR) is 111 cm³/mol. The molecule has 1 aromatic carbocycles. The minimum atomic E-state index is -0.972. The third kappa shape index (κ3) is 6.15. The Labute approximate surface area is 165 Å². The van der Waals surface area contributed by atoms with Crippen LogP contribution in [0.1, 0.15) is 24.3 Å². The van der Waals surface area contributed by atoms with Crippen molar-refractivity contribution in [2.24, 2.45) is 4.99 Å². The molecule has 27 heavy (non-hydrogen) atoms. The van der Waals surface area contributed by atoms with Gasteiger partial charge in [-0.3, -0.25) is 0 Å². The van der Waals surface area contributed by atoms with Crippen molar-refractivity contribution >= 4 is 17.3 Å². The lowest BCUT2D eigenvalue weighted by Crippen LogP contribution is -2.39. The molecule has 0 saturated heterocycles. The summed E-state index contributed by atoms with van der Waals surface area (Å²) in [5.41, 5.74) is 0.168. The molecule has 3 N–H and O–H groups in total. The maximum Gasteiger partial charge on any atom is 0.191 e. The maximum atomic E-state index is 10.6. The van der Waals surface area contributed by atoms with Crippen molar-refractivity contribution in [1.29, 1.82) is 0 Å². The Balaban J connectivity index is 1.94. The van der Waals surface area contributed by atoms with E-state index < -0.39 is 5.60 Å². The molecule has 148 valence electrons. The molecule has 1 atom stereocenters. The summed E-state index contributed by atoms with van der Waals surface area (Å²) in [7, 11) is 3.26. The van der Waals surface area contributed by atoms with E-state index in [0.717, 1.165) is 34.9 Å². The summed E-state index contributed by atoms with van der Waals surface area (Å²) in [6.45, 7) is 5.56. The van der Waals surface area contributed by atoms with Gasteiger partial charge in [-0.25, -0.2) is 4.99 Å². The van der Waals surface area contributed by atoms with Gasteiger partial charge in [0.15, 0.2) is 17.5 Å². The zero-order valence-electron chi connectivity index (χ0n) is 16.4. The standard InChI is InChI=1S/C20H29N3O3S/c1-5-21-19(23-14-20(2,24)18-7-6-12-27-18)22-11-10-15-8-9-16(25-3)17(13-15)26-4/h6-9,12-13,24H,5,10-11,14H2,1-4H3,(H2,21,22,23). The molecule has 0 spiro atoms. The van der Waals surface area contributed by atoms with Gasteiger partial charge in [0, 0.05) is 18.0 Å². The van der Waals surface area contributed by atoms with Crippen LogP contribution in [0.25, 0.3) is 0 Å². The number of aliphatic hydroxyl groups is 1. The van der Waals surface area contributed by atoms with E-state index in [1.54, 1.807) is 21.1 Å². The first-order chi connectivity index (χ1) is 13.0. The molecule has 1 aromatic heterocycles. The van der Waals surface area contributed by atoms with Gasteiger partial charge in [0.05, 0.1) is 20.8 Å². The Bertz CT molecular complexity index is 730. The molecular formula is C20H29N3O3S. The Morgan fingerprint density at radius 1 is 1.19 bits per heavy atom. The Hall–Kier alpha value is -2.25. The van der Waals surface area contributed by atoms with Crippen LogP contribution in [0.5, 0.6) is 11.5 Å². The summed E-state index contributed by atoms with van der Waals surface area (Å²) in [5.74, 6) is 2.14. The fraction of sp³-hybridized carbons (Fsp3) is 0.450. The van der Waals surface area contributed by atoms with E-state index in [-0.39, 0.29) is 0 Å². The lowest BCUT2D eigenvalue weighted by Gasteiger charge is -2.20. The van der Waals surface area contributed by atoms with Crippen LogP contribution >= 0.6 is 11.3 Å². The third-order valence-electron chi connectivity index (χ3n) is 4.10. The average molecular weight is 392 g/mol. The van der Waals surface area contributed by atoms with Gasteiger partial charge in [-0.05, 0) is 49.4 Å². The molecule has 2 aromatic rings. The van der Waals surface area contributed by atoms with E-state index in [1.165, 1.54) is 11.3 Å². The van der Waals surface area contributed by atoms with Crippen LogP contribution in [0, 0.1) is 0 Å². The molecule has 1 unspecified atom stereocenters. The molecular weight excluding hydrogens is 362 g/mol. The molecule has 2 rings (SSSR count). The normalized spacial score (nSPS) is 13.7. The third-order valence-corrected chi connectivity index (χ3v) is 5.22. The number of benzene rings is 1. The topological polar surface area (TPSA) is 75.1 Å². The average Bonchev–Trinajstić information content (AvgIpc) is 3.22. The fourth-order valence-corrected chi connectivity index (χ4v) is 3.38. The van der Waals surface area contributed by atoms with Gasteiger partial charge in [0.2, 0.25) is 0 Å². The first-order valence-corrected chi connectivity index (χ1v) is 9.87. The number of hydrogen-bond donors (Lipinski definition) is 3. The van der Waals surface area contributed by atoms with Crippen LogP contribution in [0.2, 0.25) is 0 Å². The molecule has 0 amide bonds. The first kappa shape index (κ1) is 21.1. The van der Waals surface area contributed by atoms with Gasteiger partial charge >= 0.3 is 0 Å². The summed E-state index contributed by atoms with van der Waals surface area (Å²) in [6, 6.07) is 9.77. The van der Waals surface area contributed by atoms with Gasteiger partial charge in [0.1, 0.15) is 5.60 Å². The highest BCUT2D eigenvalue weighted by Gasteiger charge is 2.23. The molecule has 0 saturated carbocycles. The maximum absolute atomic E-state index is 10.6. The summed E-state index contributed by atoms with van der Waals surface area (Å²) < 4.78 is 10.6. The van der Waals surface area contributed by atoms with Crippen LogP contribution in [-0.2, 0) is 12.0 Å². The van der Waals surface area contributed by atoms with Crippen LogP contribution in [0.15, 0.2) is 40.7 Å². The van der Waals surface area contributed by atoms with Gasteiger partial charge in [-0.1, -0.05) is 12.1 Å². The summed E-state index contributed by atoms with van der Waals surface area (Å²) in [6.07, 6.45) is 0.812. The van der Waals surface area contributed by atoms with E-state index in [2.05, 4.69) is 15.6 Å². The fourth-order valence-electron chi connectivity index (χ4n) is 2.60. The van der Waals surface area contributed by atoms with Crippen molar-refractivity contribution in [2.45, 2.75) is 25.9 Å². The molecule has 0 radical (unpaired) electrons. The molecule has 0 bridgehead atoms. The highest BCUT2D eigenvalue weighted by Crippen LogP contribution is 2.27. The monoisotopic (exact) mass is 391 g/mol. The lowest BCUT2D eigenvalue weighted by atomic mass is 10.1. The SMILES string of the molecule is CCNC(=NCC(C)(O)c1cccs1)NCCc1ccc(OC)c(OC)c1. The van der Waals surface area contributed by atoms with Crippen molar-refractivity contribution in [2.75, 3.05) is 33.9 Å². The molecule has 0 aliphatic rings. The van der Waals surface area contributed by atoms with Gasteiger partial charge in [-0.2, -0.15) is 0 Å². The number of nitrogens with zero attached hydrogens (tertiary/aromatic N) is 1. The summed E-state index contributed by atoms with van der Waals surface area (Å²) in [4.78, 5) is 5.45. The minimum absolute atomic E-state index is 0.291. The number of hydrogen-bond acceptors (Lipinski definition) is 5. The number of ether oxygens (including phenoxy) is 2. The summed E-state index contributed by atoms with van der Waals surface area (Å²) in [5, 5.41) is 19.1. The van der Waals surface area contributed by atoms with Crippen molar-refractivity contribution in [3.63, 3.8) is 0 Å². The van der Waals surface area contributed by atoms with E-state index in [9.17, 15) is 5.11 Å². The van der Waals surface area contributed by atoms with Crippen LogP contribution in [0.4, 0.5) is 0 Å². The molecule has 1 heterocycles. The van der Waals surface area contributed by atoms with Crippen molar-refractivity contribution in [1.82, 2.24) is 10.6 Å². The van der Waals surface area contributed by atoms with E-state index >= 15 is 0 Å². The van der Waals surface area contributed by atoms with Crippen LogP contribution in [0.3, 0.4) is 0 Å². The second kappa shape index (κ2) is 10.2. The molecule has 0 aliphatic carbocycles. The second-order valence-electron chi connectivity index (χ2n) is 6.31. The van der Waals surface area contributed by atoms with Gasteiger partial charge in [0.25, 0.3) is 0 Å². The molecule has 7 heteroatoms. The summed E-state index contributed by atoms with van der Waals surface area (Å²) >= 11 is 1.53. The predicted octanol–water partition coefficient (Wildman–Crippen LogP) is 2.77. The Morgan fingerprint density at radius 3 is 2.59 bits per heavy atom. The van der Waals surface area contributed by atoms with Crippen molar-refractivity contribution in [3.05, 3.63) is 46.2 Å². The zero-order chi connectivity index (χ0) is 19.7. The van der Waals surface area contributed by atoms with Crippen LogP contribution in [-0.4, -0.2) is 44.9 Å². The van der Waals surface area contributed by atoms with E-state index in [1.807, 2.05) is 42.6 Å². The number of methoxy groups -OCH3 is 2. The highest BCUT2D eigenvalue weighted by molar-refractivity contribution is 7.10. The van der Waals surface area contributed by atoms with Gasteiger partial charge in [-0.15, -0.1) is 11.3 Å². The van der Waals surface area contributed by atoms with Crippen molar-refractivity contribution < 1.29 is 14.6 Å². The first-order valence-electron chi connectivity index (χ1n) is 8.99. The van der Waals surface area contributed by atoms with Crippen molar-refractivity contribution in [3.8, 4) is 11.5 Å². The second-order valence-corrected chi connectivity index (χ2v) is 7.26. The molecule has 6 nitrogen and oxygen atoms in total. The quantitative estimate of drug-likeness (QED) is 0.453. The Morgan fingerprint density at radius 2 is 1.96 bits per heavy atom. The van der Waals surface area contributed by atoms with Crippen LogP contribution < -0.4 is 20.1 Å². The number of rotatable bonds is 9. The number of thiophene rings is 1. The minimum Gasteiger partial charge on any atom is -0.493 e. The molecule has 0 aliphatic heterocycles. The molecule has 0 fully saturated rings. The highest BCUT2D eigenvalue weighted by atomic mass is 32.1. The smallest absolute Gasteiger partial charge is 0.191 e.